The third kappa shape index (κ3) is 4.29. The summed E-state index contributed by atoms with van der Waals surface area (Å²) in [5, 5.41) is 0.759. The molecule has 0 atom stereocenters. The standard InChI is InChI=1S/C22H22ClN3/c23-20-8-6-17(7-9-20)14-22-24-15-19-10-12-26(13-11-21(19)25-22)16-18-4-2-1-3-5-18/h1-9,15H,10-14,16H2. The molecule has 0 fully saturated rings. The molecule has 3 aromatic rings. The van der Waals surface area contributed by atoms with Crippen LogP contribution in [0.4, 0.5) is 0 Å². The molecule has 1 aliphatic heterocycles. The number of hydrogen-bond donors (Lipinski definition) is 0. The minimum Gasteiger partial charge on any atom is -0.298 e. The molecular formula is C22H22ClN3. The van der Waals surface area contributed by atoms with E-state index in [-0.39, 0.29) is 0 Å². The summed E-state index contributed by atoms with van der Waals surface area (Å²) >= 11 is 5.96. The lowest BCUT2D eigenvalue weighted by Gasteiger charge is -2.19. The van der Waals surface area contributed by atoms with E-state index in [0.29, 0.717) is 0 Å². The van der Waals surface area contributed by atoms with Gasteiger partial charge in [0.2, 0.25) is 0 Å². The second kappa shape index (κ2) is 7.98. The average molecular weight is 364 g/mol. The average Bonchev–Trinajstić information content (AvgIpc) is 2.87. The van der Waals surface area contributed by atoms with Crippen molar-refractivity contribution in [2.75, 3.05) is 13.1 Å². The Kier molecular flexibility index (Phi) is 5.28. The smallest absolute Gasteiger partial charge is 0.132 e. The van der Waals surface area contributed by atoms with Gasteiger partial charge in [-0.1, -0.05) is 54.1 Å². The van der Waals surface area contributed by atoms with Gasteiger partial charge in [-0.15, -0.1) is 0 Å². The van der Waals surface area contributed by atoms with E-state index in [1.807, 2.05) is 30.5 Å². The second-order valence-electron chi connectivity index (χ2n) is 6.82. The Morgan fingerprint density at radius 3 is 2.46 bits per heavy atom. The molecule has 26 heavy (non-hydrogen) atoms. The molecule has 2 heterocycles. The van der Waals surface area contributed by atoms with Gasteiger partial charge in [0, 0.05) is 49.4 Å². The maximum atomic E-state index is 5.96. The third-order valence-corrected chi connectivity index (χ3v) is 5.14. The lowest BCUT2D eigenvalue weighted by atomic mass is 10.1. The fourth-order valence-electron chi connectivity index (χ4n) is 3.43. The fourth-order valence-corrected chi connectivity index (χ4v) is 3.56. The van der Waals surface area contributed by atoms with Crippen LogP contribution in [-0.2, 0) is 25.8 Å². The highest BCUT2D eigenvalue weighted by Gasteiger charge is 2.16. The van der Waals surface area contributed by atoms with Crippen LogP contribution < -0.4 is 0 Å². The fraction of sp³-hybridized carbons (Fsp3) is 0.273. The molecule has 0 aliphatic carbocycles. The van der Waals surface area contributed by atoms with Crippen LogP contribution in [-0.4, -0.2) is 28.0 Å². The zero-order chi connectivity index (χ0) is 17.8. The molecule has 0 bridgehead atoms. The molecular weight excluding hydrogens is 342 g/mol. The van der Waals surface area contributed by atoms with Crippen molar-refractivity contribution in [3.8, 4) is 0 Å². The van der Waals surface area contributed by atoms with Crippen LogP contribution >= 0.6 is 11.6 Å². The van der Waals surface area contributed by atoms with Crippen LogP contribution in [0.1, 0.15) is 28.2 Å². The molecule has 0 saturated heterocycles. The molecule has 2 aromatic carbocycles. The Hall–Kier alpha value is -2.23. The maximum Gasteiger partial charge on any atom is 0.132 e. The molecule has 4 heteroatoms. The van der Waals surface area contributed by atoms with Gasteiger partial charge in [0.15, 0.2) is 0 Å². The number of fused-ring (bicyclic) bond motifs is 1. The molecule has 0 unspecified atom stereocenters. The Morgan fingerprint density at radius 1 is 0.885 bits per heavy atom. The first-order valence-electron chi connectivity index (χ1n) is 9.11. The topological polar surface area (TPSA) is 29.0 Å². The van der Waals surface area contributed by atoms with Gasteiger partial charge < -0.3 is 0 Å². The van der Waals surface area contributed by atoms with Crippen molar-refractivity contribution in [3.05, 3.63) is 94.0 Å². The van der Waals surface area contributed by atoms with Gasteiger partial charge in [-0.2, -0.15) is 0 Å². The van der Waals surface area contributed by atoms with Crippen LogP contribution in [0.15, 0.2) is 60.8 Å². The highest BCUT2D eigenvalue weighted by atomic mass is 35.5. The van der Waals surface area contributed by atoms with Crippen LogP contribution in [0, 0.1) is 0 Å². The number of hydrogen-bond acceptors (Lipinski definition) is 3. The molecule has 0 amide bonds. The van der Waals surface area contributed by atoms with Crippen LogP contribution in [0.2, 0.25) is 5.02 Å². The highest BCUT2D eigenvalue weighted by molar-refractivity contribution is 6.30. The van der Waals surface area contributed by atoms with E-state index >= 15 is 0 Å². The number of nitrogens with zero attached hydrogens (tertiary/aromatic N) is 3. The predicted octanol–water partition coefficient (Wildman–Crippen LogP) is 4.32. The number of aromatic nitrogens is 2. The Balaban J connectivity index is 1.44. The summed E-state index contributed by atoms with van der Waals surface area (Å²) < 4.78 is 0. The minimum absolute atomic E-state index is 0.748. The lowest BCUT2D eigenvalue weighted by Crippen LogP contribution is -2.25. The summed E-state index contributed by atoms with van der Waals surface area (Å²) in [6.07, 6.45) is 4.78. The molecule has 0 N–H and O–H groups in total. The predicted molar refractivity (Wildman–Crippen MR) is 105 cm³/mol. The number of halogens is 1. The first kappa shape index (κ1) is 17.2. The summed E-state index contributed by atoms with van der Waals surface area (Å²) in [6, 6.07) is 18.6. The monoisotopic (exact) mass is 363 g/mol. The van der Waals surface area contributed by atoms with Gasteiger partial charge in [-0.25, -0.2) is 9.97 Å². The molecule has 1 aliphatic rings. The van der Waals surface area contributed by atoms with Crippen molar-refractivity contribution in [2.45, 2.75) is 25.8 Å². The van der Waals surface area contributed by atoms with Gasteiger partial charge in [-0.3, -0.25) is 4.90 Å². The Bertz CT molecular complexity index is 862. The van der Waals surface area contributed by atoms with Crippen molar-refractivity contribution >= 4 is 11.6 Å². The highest BCUT2D eigenvalue weighted by Crippen LogP contribution is 2.17. The molecule has 1 aromatic heterocycles. The van der Waals surface area contributed by atoms with Crippen molar-refractivity contribution in [3.63, 3.8) is 0 Å². The first-order chi connectivity index (χ1) is 12.8. The van der Waals surface area contributed by atoms with E-state index in [1.54, 1.807) is 0 Å². The lowest BCUT2D eigenvalue weighted by molar-refractivity contribution is 0.279. The Labute approximate surface area is 159 Å². The van der Waals surface area contributed by atoms with Gasteiger partial charge in [0.1, 0.15) is 5.82 Å². The van der Waals surface area contributed by atoms with E-state index in [2.05, 4.69) is 40.2 Å². The summed E-state index contributed by atoms with van der Waals surface area (Å²) in [4.78, 5) is 12.0. The maximum absolute atomic E-state index is 5.96. The number of benzene rings is 2. The van der Waals surface area contributed by atoms with E-state index in [1.165, 1.54) is 22.4 Å². The van der Waals surface area contributed by atoms with Crippen molar-refractivity contribution in [2.24, 2.45) is 0 Å². The molecule has 132 valence electrons. The van der Waals surface area contributed by atoms with Crippen molar-refractivity contribution < 1.29 is 0 Å². The number of rotatable bonds is 4. The largest absolute Gasteiger partial charge is 0.298 e. The van der Waals surface area contributed by atoms with Gasteiger partial charge in [0.05, 0.1) is 0 Å². The van der Waals surface area contributed by atoms with Crippen molar-refractivity contribution in [1.29, 1.82) is 0 Å². The quantitative estimate of drug-likeness (QED) is 0.691. The minimum atomic E-state index is 0.748. The van der Waals surface area contributed by atoms with Gasteiger partial charge in [0.25, 0.3) is 0 Å². The summed E-state index contributed by atoms with van der Waals surface area (Å²) in [5.41, 5.74) is 5.06. The summed E-state index contributed by atoms with van der Waals surface area (Å²) in [6.45, 7) is 3.10. The van der Waals surface area contributed by atoms with Crippen LogP contribution in [0.5, 0.6) is 0 Å². The molecule has 0 spiro atoms. The van der Waals surface area contributed by atoms with Gasteiger partial charge in [-0.05, 0) is 35.2 Å². The van der Waals surface area contributed by atoms with E-state index in [0.717, 1.165) is 49.7 Å². The first-order valence-corrected chi connectivity index (χ1v) is 9.48. The zero-order valence-corrected chi connectivity index (χ0v) is 15.5. The normalized spacial score (nSPS) is 14.7. The molecule has 3 nitrogen and oxygen atoms in total. The van der Waals surface area contributed by atoms with Crippen molar-refractivity contribution in [1.82, 2.24) is 14.9 Å². The summed E-state index contributed by atoms with van der Waals surface area (Å²) in [5.74, 6) is 0.891. The van der Waals surface area contributed by atoms with Crippen LogP contribution in [0.25, 0.3) is 0 Å². The zero-order valence-electron chi connectivity index (χ0n) is 14.7. The molecule has 0 radical (unpaired) electrons. The van der Waals surface area contributed by atoms with E-state index < -0.39 is 0 Å². The molecule has 4 rings (SSSR count). The third-order valence-electron chi connectivity index (χ3n) is 4.89. The summed E-state index contributed by atoms with van der Waals surface area (Å²) in [7, 11) is 0. The SMILES string of the molecule is Clc1ccc(Cc2ncc3c(n2)CCN(Cc2ccccc2)CC3)cc1. The Morgan fingerprint density at radius 2 is 1.65 bits per heavy atom. The second-order valence-corrected chi connectivity index (χ2v) is 7.26. The van der Waals surface area contributed by atoms with Crippen LogP contribution in [0.3, 0.4) is 0 Å². The van der Waals surface area contributed by atoms with E-state index in [4.69, 9.17) is 16.6 Å². The van der Waals surface area contributed by atoms with Gasteiger partial charge >= 0.3 is 0 Å². The molecule has 0 saturated carbocycles. The van der Waals surface area contributed by atoms with E-state index in [9.17, 15) is 0 Å².